The quantitative estimate of drug-likeness (QED) is 0.821. The van der Waals surface area contributed by atoms with Crippen LogP contribution in [-0.4, -0.2) is 43.8 Å². The third-order valence-corrected chi connectivity index (χ3v) is 6.47. The van der Waals surface area contributed by atoms with Crippen LogP contribution in [0.3, 0.4) is 0 Å². The van der Waals surface area contributed by atoms with Crippen molar-refractivity contribution in [3.63, 3.8) is 0 Å². The van der Waals surface area contributed by atoms with Gasteiger partial charge in [-0.15, -0.1) is 0 Å². The molecule has 0 saturated carbocycles. The minimum absolute atomic E-state index is 0.150. The van der Waals surface area contributed by atoms with E-state index >= 15 is 0 Å². The number of aryl methyl sites for hydroxylation is 1. The molecule has 3 rings (SSSR count). The minimum Gasteiger partial charge on any atom is -0.296 e. The molecule has 0 bridgehead atoms. The summed E-state index contributed by atoms with van der Waals surface area (Å²) in [5.74, 6) is -0.557. The molecule has 0 aliphatic carbocycles. The van der Waals surface area contributed by atoms with Crippen LogP contribution in [0.1, 0.15) is 16.7 Å². The molecule has 0 amide bonds. The van der Waals surface area contributed by atoms with Crippen molar-refractivity contribution in [2.45, 2.75) is 19.2 Å². The molecule has 0 unspecified atom stereocenters. The van der Waals surface area contributed by atoms with E-state index < -0.39 is 15.8 Å². The molecular formula is C19H23FN2O2S. The van der Waals surface area contributed by atoms with Crippen molar-refractivity contribution in [2.75, 3.05) is 26.2 Å². The number of piperazine rings is 1. The van der Waals surface area contributed by atoms with Crippen LogP contribution >= 0.6 is 0 Å². The molecule has 0 atom stereocenters. The van der Waals surface area contributed by atoms with Crippen molar-refractivity contribution < 1.29 is 12.8 Å². The molecule has 1 heterocycles. The van der Waals surface area contributed by atoms with Crippen LogP contribution in [0.2, 0.25) is 0 Å². The van der Waals surface area contributed by atoms with E-state index in [1.807, 2.05) is 12.1 Å². The highest BCUT2D eigenvalue weighted by atomic mass is 32.2. The van der Waals surface area contributed by atoms with Crippen LogP contribution in [0.5, 0.6) is 0 Å². The standard InChI is InChI=1S/C19H23FN2O2S/c1-16-5-2-3-7-18(16)14-21-9-11-22(12-10-21)25(23,24)15-17-6-4-8-19(20)13-17/h2-8,13H,9-12,14-15H2,1H3. The first kappa shape index (κ1) is 18.0. The lowest BCUT2D eigenvalue weighted by Gasteiger charge is -2.34. The summed E-state index contributed by atoms with van der Waals surface area (Å²) in [6, 6.07) is 14.1. The second-order valence-electron chi connectivity index (χ2n) is 6.49. The van der Waals surface area contributed by atoms with Gasteiger partial charge in [0.25, 0.3) is 0 Å². The molecule has 1 aliphatic heterocycles. The van der Waals surface area contributed by atoms with Crippen LogP contribution in [0.15, 0.2) is 48.5 Å². The Labute approximate surface area is 148 Å². The highest BCUT2D eigenvalue weighted by Gasteiger charge is 2.27. The fourth-order valence-electron chi connectivity index (χ4n) is 3.12. The van der Waals surface area contributed by atoms with Gasteiger partial charge in [-0.1, -0.05) is 36.4 Å². The van der Waals surface area contributed by atoms with Crippen molar-refractivity contribution >= 4 is 10.0 Å². The average molecular weight is 362 g/mol. The molecule has 6 heteroatoms. The Morgan fingerprint density at radius 3 is 2.40 bits per heavy atom. The second-order valence-corrected chi connectivity index (χ2v) is 8.46. The number of hydrogen-bond donors (Lipinski definition) is 0. The highest BCUT2D eigenvalue weighted by molar-refractivity contribution is 7.88. The van der Waals surface area contributed by atoms with Crippen LogP contribution in [0.4, 0.5) is 4.39 Å². The van der Waals surface area contributed by atoms with E-state index in [9.17, 15) is 12.8 Å². The van der Waals surface area contributed by atoms with Gasteiger partial charge in [-0.05, 0) is 35.7 Å². The zero-order chi connectivity index (χ0) is 17.9. The maximum absolute atomic E-state index is 13.3. The summed E-state index contributed by atoms with van der Waals surface area (Å²) < 4.78 is 39.9. The molecule has 0 aromatic heterocycles. The lowest BCUT2D eigenvalue weighted by Crippen LogP contribution is -2.48. The van der Waals surface area contributed by atoms with Crippen molar-refractivity contribution in [3.8, 4) is 0 Å². The molecule has 1 fully saturated rings. The smallest absolute Gasteiger partial charge is 0.218 e. The molecule has 0 N–H and O–H groups in total. The van der Waals surface area contributed by atoms with Crippen LogP contribution in [0.25, 0.3) is 0 Å². The maximum Gasteiger partial charge on any atom is 0.218 e. The minimum atomic E-state index is -3.42. The van der Waals surface area contributed by atoms with Crippen molar-refractivity contribution in [3.05, 3.63) is 71.0 Å². The van der Waals surface area contributed by atoms with Gasteiger partial charge >= 0.3 is 0 Å². The number of halogens is 1. The van der Waals surface area contributed by atoms with Crippen molar-refractivity contribution in [1.29, 1.82) is 0 Å². The Morgan fingerprint density at radius 1 is 1.00 bits per heavy atom. The van der Waals surface area contributed by atoms with Crippen LogP contribution < -0.4 is 0 Å². The zero-order valence-corrected chi connectivity index (χ0v) is 15.2. The zero-order valence-electron chi connectivity index (χ0n) is 14.4. The van der Waals surface area contributed by atoms with E-state index in [-0.39, 0.29) is 5.75 Å². The van der Waals surface area contributed by atoms with Crippen LogP contribution in [-0.2, 0) is 22.3 Å². The van der Waals surface area contributed by atoms with E-state index in [0.717, 1.165) is 6.54 Å². The molecule has 134 valence electrons. The summed E-state index contributed by atoms with van der Waals surface area (Å²) in [7, 11) is -3.42. The average Bonchev–Trinajstić information content (AvgIpc) is 2.57. The van der Waals surface area contributed by atoms with Gasteiger partial charge in [0.2, 0.25) is 10.0 Å². The Morgan fingerprint density at radius 2 is 1.72 bits per heavy atom. The predicted octanol–water partition coefficient (Wildman–Crippen LogP) is 2.78. The van der Waals surface area contributed by atoms with E-state index in [0.29, 0.717) is 31.7 Å². The number of nitrogens with zero attached hydrogens (tertiary/aromatic N) is 2. The number of hydrogen-bond acceptors (Lipinski definition) is 3. The normalized spacial score (nSPS) is 16.9. The van der Waals surface area contributed by atoms with Crippen molar-refractivity contribution in [1.82, 2.24) is 9.21 Å². The molecule has 0 spiro atoms. The molecular weight excluding hydrogens is 339 g/mol. The summed E-state index contributed by atoms with van der Waals surface area (Å²) in [5, 5.41) is 0. The molecule has 1 aliphatic rings. The number of sulfonamides is 1. The first-order valence-corrected chi connectivity index (χ1v) is 10.0. The molecule has 25 heavy (non-hydrogen) atoms. The number of rotatable bonds is 5. The van der Waals surface area contributed by atoms with E-state index in [2.05, 4.69) is 24.0 Å². The van der Waals surface area contributed by atoms with Crippen LogP contribution in [0, 0.1) is 12.7 Å². The fraction of sp³-hybridized carbons (Fsp3) is 0.368. The van der Waals surface area contributed by atoms with Gasteiger partial charge < -0.3 is 0 Å². The molecule has 0 radical (unpaired) electrons. The fourth-order valence-corrected chi connectivity index (χ4v) is 4.63. The Bertz CT molecular complexity index is 831. The SMILES string of the molecule is Cc1ccccc1CN1CCN(S(=O)(=O)Cc2cccc(F)c2)CC1. The molecule has 2 aromatic rings. The summed E-state index contributed by atoms with van der Waals surface area (Å²) in [6.07, 6.45) is 0. The van der Waals surface area contributed by atoms with Gasteiger partial charge in [-0.2, -0.15) is 4.31 Å². The highest BCUT2D eigenvalue weighted by Crippen LogP contribution is 2.17. The topological polar surface area (TPSA) is 40.6 Å². The largest absolute Gasteiger partial charge is 0.296 e. The number of benzene rings is 2. The summed E-state index contributed by atoms with van der Waals surface area (Å²) in [5.41, 5.74) is 3.02. The van der Waals surface area contributed by atoms with Gasteiger partial charge in [0.1, 0.15) is 5.82 Å². The van der Waals surface area contributed by atoms with E-state index in [4.69, 9.17) is 0 Å². The van der Waals surface area contributed by atoms with Gasteiger partial charge in [0.05, 0.1) is 5.75 Å². The monoisotopic (exact) mass is 362 g/mol. The summed E-state index contributed by atoms with van der Waals surface area (Å²) in [6.45, 7) is 5.29. The lowest BCUT2D eigenvalue weighted by molar-refractivity contribution is 0.181. The molecule has 1 saturated heterocycles. The van der Waals surface area contributed by atoms with Gasteiger partial charge in [0, 0.05) is 32.7 Å². The third kappa shape index (κ3) is 4.66. The predicted molar refractivity (Wildman–Crippen MR) is 97.1 cm³/mol. The molecule has 2 aromatic carbocycles. The van der Waals surface area contributed by atoms with Gasteiger partial charge in [-0.3, -0.25) is 4.90 Å². The first-order valence-electron chi connectivity index (χ1n) is 8.43. The van der Waals surface area contributed by atoms with E-state index in [1.54, 1.807) is 12.1 Å². The van der Waals surface area contributed by atoms with Crippen molar-refractivity contribution in [2.24, 2.45) is 0 Å². The summed E-state index contributed by atoms with van der Waals surface area (Å²) >= 11 is 0. The third-order valence-electron chi connectivity index (χ3n) is 4.62. The first-order chi connectivity index (χ1) is 11.9. The molecule has 4 nitrogen and oxygen atoms in total. The van der Waals surface area contributed by atoms with E-state index in [1.165, 1.54) is 27.6 Å². The maximum atomic E-state index is 13.3. The second kappa shape index (κ2) is 7.64. The Kier molecular flexibility index (Phi) is 5.51. The Balaban J connectivity index is 1.58. The van der Waals surface area contributed by atoms with Gasteiger partial charge in [-0.25, -0.2) is 12.8 Å². The van der Waals surface area contributed by atoms with Gasteiger partial charge in [0.15, 0.2) is 0 Å². The lowest BCUT2D eigenvalue weighted by atomic mass is 10.1. The Hall–Kier alpha value is -1.76. The summed E-state index contributed by atoms with van der Waals surface area (Å²) in [4.78, 5) is 2.27.